The van der Waals surface area contributed by atoms with E-state index in [2.05, 4.69) is 0 Å². The van der Waals surface area contributed by atoms with Crippen molar-refractivity contribution in [2.75, 3.05) is 0 Å². The fraction of sp³-hybridized carbons (Fsp3) is 0.250. The van der Waals surface area contributed by atoms with Crippen LogP contribution < -0.4 is 0 Å². The molecule has 1 aromatic carbocycles. The number of fused-ring (bicyclic) bond motifs is 1. The van der Waals surface area contributed by atoms with Crippen molar-refractivity contribution in [3.05, 3.63) is 35.2 Å². The van der Waals surface area contributed by atoms with Crippen LogP contribution in [-0.2, 0) is 0 Å². The molecular formula is C12H9F3OS. The van der Waals surface area contributed by atoms with Gasteiger partial charge in [0.25, 0.3) is 0 Å². The number of ketones is 1. The molecule has 0 radical (unpaired) electrons. The molecule has 2 rings (SSSR count). The predicted octanol–water partition coefficient (Wildman–Crippen LogP) is 4.43. The van der Waals surface area contributed by atoms with Crippen LogP contribution in [-0.4, -0.2) is 12.0 Å². The smallest absolute Gasteiger partial charge is 0.294 e. The molecule has 0 fully saturated rings. The Kier molecular flexibility index (Phi) is 3.19. The number of carbonyl (C=O) groups excluding carboxylic acids is 1. The summed E-state index contributed by atoms with van der Waals surface area (Å²) in [5.74, 6) is -0.445. The fourth-order valence-electron chi connectivity index (χ4n) is 1.58. The first-order chi connectivity index (χ1) is 7.97. The van der Waals surface area contributed by atoms with Crippen LogP contribution in [0.2, 0.25) is 0 Å². The van der Waals surface area contributed by atoms with Crippen molar-refractivity contribution >= 4 is 27.2 Å². The van der Waals surface area contributed by atoms with Gasteiger partial charge in [-0.05, 0) is 6.07 Å². The molecule has 0 bridgehead atoms. The van der Waals surface area contributed by atoms with E-state index in [1.54, 1.807) is 17.5 Å². The lowest BCUT2D eigenvalue weighted by Gasteiger charge is -2.04. The predicted molar refractivity (Wildman–Crippen MR) is 61.4 cm³/mol. The molecule has 90 valence electrons. The van der Waals surface area contributed by atoms with Gasteiger partial charge in [-0.2, -0.15) is 13.2 Å². The Morgan fingerprint density at radius 3 is 2.65 bits per heavy atom. The van der Waals surface area contributed by atoms with Crippen LogP contribution in [0.25, 0.3) is 10.1 Å². The van der Waals surface area contributed by atoms with E-state index < -0.39 is 24.8 Å². The van der Waals surface area contributed by atoms with E-state index >= 15 is 0 Å². The number of rotatable bonds is 3. The molecule has 0 N–H and O–H groups in total. The summed E-state index contributed by atoms with van der Waals surface area (Å²) < 4.78 is 37.0. The van der Waals surface area contributed by atoms with Gasteiger partial charge in [0.2, 0.25) is 0 Å². The molecule has 2 aromatic rings. The third-order valence-corrected chi connectivity index (χ3v) is 3.38. The maximum atomic E-state index is 12.0. The minimum Gasteiger partial charge on any atom is -0.294 e. The van der Waals surface area contributed by atoms with E-state index in [1.165, 1.54) is 11.3 Å². The summed E-state index contributed by atoms with van der Waals surface area (Å²) in [4.78, 5) is 11.7. The number of thiophene rings is 1. The summed E-state index contributed by atoms with van der Waals surface area (Å²) in [6.45, 7) is 0. The Labute approximate surface area is 99.9 Å². The first-order valence-electron chi connectivity index (χ1n) is 5.03. The van der Waals surface area contributed by atoms with Crippen LogP contribution >= 0.6 is 11.3 Å². The second-order valence-electron chi connectivity index (χ2n) is 3.68. The van der Waals surface area contributed by atoms with Gasteiger partial charge in [0, 0.05) is 27.5 Å². The zero-order chi connectivity index (χ0) is 12.5. The maximum Gasteiger partial charge on any atom is 0.389 e. The molecule has 0 spiro atoms. The minimum absolute atomic E-state index is 0.398. The van der Waals surface area contributed by atoms with E-state index in [-0.39, 0.29) is 0 Å². The van der Waals surface area contributed by atoms with Crippen molar-refractivity contribution in [2.24, 2.45) is 0 Å². The zero-order valence-corrected chi connectivity index (χ0v) is 9.57. The molecular weight excluding hydrogens is 249 g/mol. The van der Waals surface area contributed by atoms with Gasteiger partial charge in [0.15, 0.2) is 5.78 Å². The Balaban J connectivity index is 2.20. The highest BCUT2D eigenvalue weighted by Crippen LogP contribution is 2.28. The molecule has 0 unspecified atom stereocenters. The van der Waals surface area contributed by atoms with Crippen LogP contribution in [0.5, 0.6) is 0 Å². The molecule has 0 amide bonds. The average Bonchev–Trinajstić information content (AvgIpc) is 2.68. The molecule has 0 saturated heterocycles. The van der Waals surface area contributed by atoms with E-state index in [4.69, 9.17) is 0 Å². The van der Waals surface area contributed by atoms with E-state index in [0.717, 1.165) is 10.1 Å². The van der Waals surface area contributed by atoms with Crippen LogP contribution in [0, 0.1) is 0 Å². The summed E-state index contributed by atoms with van der Waals surface area (Å²) in [5.41, 5.74) is 0.398. The first kappa shape index (κ1) is 12.1. The van der Waals surface area contributed by atoms with Gasteiger partial charge >= 0.3 is 6.18 Å². The van der Waals surface area contributed by atoms with Gasteiger partial charge in [-0.25, -0.2) is 0 Å². The number of alkyl halides is 3. The lowest BCUT2D eigenvalue weighted by Crippen LogP contribution is -2.10. The van der Waals surface area contributed by atoms with Gasteiger partial charge in [0.05, 0.1) is 6.42 Å². The highest BCUT2D eigenvalue weighted by atomic mass is 32.1. The number of hydrogen-bond donors (Lipinski definition) is 0. The molecule has 0 atom stereocenters. The van der Waals surface area contributed by atoms with Crippen molar-refractivity contribution in [3.8, 4) is 0 Å². The summed E-state index contributed by atoms with van der Waals surface area (Å²) in [6.07, 6.45) is -5.82. The van der Waals surface area contributed by atoms with Crippen molar-refractivity contribution in [2.45, 2.75) is 19.0 Å². The zero-order valence-electron chi connectivity index (χ0n) is 8.75. The van der Waals surface area contributed by atoms with Crippen molar-refractivity contribution < 1.29 is 18.0 Å². The second-order valence-corrected chi connectivity index (χ2v) is 4.60. The van der Waals surface area contributed by atoms with Crippen LogP contribution in [0.3, 0.4) is 0 Å². The topological polar surface area (TPSA) is 17.1 Å². The molecule has 0 saturated carbocycles. The molecule has 0 aliphatic heterocycles. The summed E-state index contributed by atoms with van der Waals surface area (Å²) in [6, 6.07) is 7.21. The van der Waals surface area contributed by atoms with Gasteiger partial charge in [-0.15, -0.1) is 11.3 Å². The molecule has 0 aliphatic rings. The van der Waals surface area contributed by atoms with Crippen LogP contribution in [0.1, 0.15) is 23.2 Å². The van der Waals surface area contributed by atoms with Crippen LogP contribution in [0.4, 0.5) is 13.2 Å². The Morgan fingerprint density at radius 2 is 1.94 bits per heavy atom. The molecule has 1 aromatic heterocycles. The van der Waals surface area contributed by atoms with Gasteiger partial charge in [0.1, 0.15) is 0 Å². The van der Waals surface area contributed by atoms with E-state index in [1.807, 2.05) is 12.1 Å². The number of benzene rings is 1. The van der Waals surface area contributed by atoms with E-state index in [9.17, 15) is 18.0 Å². The van der Waals surface area contributed by atoms with Gasteiger partial charge < -0.3 is 0 Å². The molecule has 17 heavy (non-hydrogen) atoms. The standard InChI is InChI=1S/C12H9F3OS/c13-12(14,15)6-5-10(16)9-7-17-11-4-2-1-3-8(9)11/h1-4,7H,5-6H2. The third-order valence-electron chi connectivity index (χ3n) is 2.42. The maximum absolute atomic E-state index is 12.0. The number of Topliss-reactive ketones (excluding diaryl/α,β-unsaturated/α-hetero) is 1. The average molecular weight is 258 g/mol. The lowest BCUT2D eigenvalue weighted by atomic mass is 10.1. The Bertz CT molecular complexity index is 542. The number of halogens is 3. The highest BCUT2D eigenvalue weighted by Gasteiger charge is 2.28. The number of carbonyl (C=O) groups is 1. The quantitative estimate of drug-likeness (QED) is 0.744. The number of hydrogen-bond acceptors (Lipinski definition) is 2. The van der Waals surface area contributed by atoms with Crippen molar-refractivity contribution in [1.29, 1.82) is 0 Å². The monoisotopic (exact) mass is 258 g/mol. The van der Waals surface area contributed by atoms with Crippen molar-refractivity contribution in [3.63, 3.8) is 0 Å². The molecule has 1 nitrogen and oxygen atoms in total. The SMILES string of the molecule is O=C(CCC(F)(F)F)c1csc2ccccc12. The lowest BCUT2D eigenvalue weighted by molar-refractivity contribution is -0.133. The third kappa shape index (κ3) is 2.85. The summed E-state index contributed by atoms with van der Waals surface area (Å²) in [7, 11) is 0. The second kappa shape index (κ2) is 4.49. The Hall–Kier alpha value is -1.36. The van der Waals surface area contributed by atoms with Gasteiger partial charge in [-0.1, -0.05) is 18.2 Å². The molecule has 5 heteroatoms. The normalized spacial score (nSPS) is 11.9. The largest absolute Gasteiger partial charge is 0.389 e. The first-order valence-corrected chi connectivity index (χ1v) is 5.91. The van der Waals surface area contributed by atoms with Crippen molar-refractivity contribution in [1.82, 2.24) is 0 Å². The minimum atomic E-state index is -4.28. The summed E-state index contributed by atoms with van der Waals surface area (Å²) in [5, 5.41) is 2.37. The fourth-order valence-corrected chi connectivity index (χ4v) is 2.55. The molecule has 0 aliphatic carbocycles. The Morgan fingerprint density at radius 1 is 1.24 bits per heavy atom. The highest BCUT2D eigenvalue weighted by molar-refractivity contribution is 7.17. The summed E-state index contributed by atoms with van der Waals surface area (Å²) >= 11 is 1.37. The molecule has 1 heterocycles. The van der Waals surface area contributed by atoms with Gasteiger partial charge in [-0.3, -0.25) is 4.79 Å². The van der Waals surface area contributed by atoms with E-state index in [0.29, 0.717) is 5.56 Å². The van der Waals surface area contributed by atoms with Crippen LogP contribution in [0.15, 0.2) is 29.6 Å².